The number of hydrogen-bond acceptors (Lipinski definition) is 8. The molecule has 4 rings (SSSR count). The average Bonchev–Trinajstić information content (AvgIpc) is 3.58. The number of carbonyl (C=O) groups is 5. The standard InChI is InChI=1S/C25H28ClF3N4O7/c1-12(2)19(30)20(35)39-11-40-23(38)33-21(36)24(15-3-4-15,31-22(33)37)6-5-18(34)32-9-13-7-16(25(27,28)29)17(26)8-14(13)10-32/h7-8,12,15,19H,3-6,9-11,30H2,1-2H3,(H,31,37)/t19?,24-/m1/s1. The third-order valence-electron chi connectivity index (χ3n) is 7.35. The van der Waals surface area contributed by atoms with Gasteiger partial charge in [-0.3, -0.25) is 14.4 Å². The maximum Gasteiger partial charge on any atom is 0.427 e. The third kappa shape index (κ3) is 5.73. The first-order chi connectivity index (χ1) is 18.7. The van der Waals surface area contributed by atoms with Gasteiger partial charge in [0.1, 0.15) is 11.6 Å². The van der Waals surface area contributed by atoms with E-state index < -0.39 is 65.0 Å². The lowest BCUT2D eigenvalue weighted by Crippen LogP contribution is -2.50. The predicted molar refractivity (Wildman–Crippen MR) is 131 cm³/mol. The van der Waals surface area contributed by atoms with Crippen molar-refractivity contribution in [1.82, 2.24) is 15.1 Å². The van der Waals surface area contributed by atoms with Crippen LogP contribution < -0.4 is 11.1 Å². The SMILES string of the molecule is CC(C)C(N)C(=O)OCOC(=O)N1C(=O)N[C@](CCC(=O)N2Cc3cc(Cl)c(C(F)(F)F)cc3C2)(C2CC2)C1=O. The number of amides is 5. The Morgan fingerprint density at radius 1 is 1.15 bits per heavy atom. The molecule has 11 nitrogen and oxygen atoms in total. The molecule has 0 spiro atoms. The van der Waals surface area contributed by atoms with Gasteiger partial charge in [0.2, 0.25) is 12.7 Å². The molecule has 0 bridgehead atoms. The van der Waals surface area contributed by atoms with Crippen molar-refractivity contribution in [3.63, 3.8) is 0 Å². The van der Waals surface area contributed by atoms with Crippen LogP contribution in [-0.2, 0) is 43.1 Å². The second-order valence-electron chi connectivity index (χ2n) is 10.4. The van der Waals surface area contributed by atoms with Crippen molar-refractivity contribution in [2.75, 3.05) is 6.79 Å². The van der Waals surface area contributed by atoms with Crippen LogP contribution in [0.25, 0.3) is 0 Å². The normalized spacial score (nSPS) is 21.4. The van der Waals surface area contributed by atoms with Gasteiger partial charge in [0.05, 0.1) is 10.6 Å². The van der Waals surface area contributed by atoms with Gasteiger partial charge < -0.3 is 25.4 Å². The van der Waals surface area contributed by atoms with E-state index in [0.717, 1.165) is 6.07 Å². The van der Waals surface area contributed by atoms with Gasteiger partial charge in [0, 0.05) is 19.5 Å². The highest BCUT2D eigenvalue weighted by molar-refractivity contribution is 6.31. The van der Waals surface area contributed by atoms with E-state index in [0.29, 0.717) is 24.0 Å². The van der Waals surface area contributed by atoms with E-state index >= 15 is 0 Å². The van der Waals surface area contributed by atoms with Crippen LogP contribution in [0.5, 0.6) is 0 Å². The van der Waals surface area contributed by atoms with Gasteiger partial charge in [0.25, 0.3) is 5.91 Å². The molecule has 0 aromatic heterocycles. The van der Waals surface area contributed by atoms with Crippen LogP contribution in [0.3, 0.4) is 0 Å². The largest absolute Gasteiger partial charge is 0.427 e. The van der Waals surface area contributed by atoms with Crippen molar-refractivity contribution in [2.24, 2.45) is 17.6 Å². The number of fused-ring (bicyclic) bond motifs is 1. The molecule has 3 aliphatic rings. The summed E-state index contributed by atoms with van der Waals surface area (Å²) in [7, 11) is 0. The minimum atomic E-state index is -4.64. The first-order valence-electron chi connectivity index (χ1n) is 12.6. The number of rotatable bonds is 8. The van der Waals surface area contributed by atoms with E-state index in [4.69, 9.17) is 26.8 Å². The van der Waals surface area contributed by atoms with E-state index in [9.17, 15) is 37.1 Å². The average molecular weight is 589 g/mol. The van der Waals surface area contributed by atoms with Crippen LogP contribution >= 0.6 is 11.6 Å². The van der Waals surface area contributed by atoms with E-state index in [2.05, 4.69) is 5.32 Å². The number of imide groups is 3. The fourth-order valence-electron chi connectivity index (χ4n) is 4.83. The Hall–Kier alpha value is -3.39. The number of alkyl halides is 3. The Kier molecular flexibility index (Phi) is 8.05. The van der Waals surface area contributed by atoms with E-state index in [1.54, 1.807) is 13.8 Å². The highest BCUT2D eigenvalue weighted by Gasteiger charge is 2.61. The van der Waals surface area contributed by atoms with Gasteiger partial charge in [-0.25, -0.2) is 9.59 Å². The van der Waals surface area contributed by atoms with Gasteiger partial charge in [-0.2, -0.15) is 18.1 Å². The van der Waals surface area contributed by atoms with E-state index in [1.807, 2.05) is 0 Å². The molecule has 40 heavy (non-hydrogen) atoms. The molecule has 15 heteroatoms. The number of ether oxygens (including phenoxy) is 2. The zero-order valence-corrected chi connectivity index (χ0v) is 22.4. The summed E-state index contributed by atoms with van der Waals surface area (Å²) in [5.41, 5.74) is 3.94. The number of halogens is 4. The topological polar surface area (TPSA) is 148 Å². The van der Waals surface area contributed by atoms with Crippen molar-refractivity contribution in [3.05, 3.63) is 33.8 Å². The minimum absolute atomic E-state index is 0.0421. The molecule has 1 saturated heterocycles. The van der Waals surface area contributed by atoms with Crippen LogP contribution in [0.15, 0.2) is 12.1 Å². The Balaban J connectivity index is 1.38. The number of nitrogens with zero attached hydrogens (tertiary/aromatic N) is 2. The highest BCUT2D eigenvalue weighted by Crippen LogP contribution is 2.46. The summed E-state index contributed by atoms with van der Waals surface area (Å²) in [5, 5.41) is 2.07. The monoisotopic (exact) mass is 588 g/mol. The van der Waals surface area contributed by atoms with Crippen molar-refractivity contribution >= 4 is 41.5 Å². The Morgan fingerprint density at radius 2 is 1.77 bits per heavy atom. The molecule has 2 fully saturated rings. The van der Waals surface area contributed by atoms with Gasteiger partial charge >= 0.3 is 24.3 Å². The maximum absolute atomic E-state index is 13.3. The van der Waals surface area contributed by atoms with Crippen LogP contribution in [-0.4, -0.2) is 58.1 Å². The molecule has 1 unspecified atom stereocenters. The number of benzene rings is 1. The zero-order valence-electron chi connectivity index (χ0n) is 21.7. The lowest BCUT2D eigenvalue weighted by Gasteiger charge is -2.27. The minimum Gasteiger partial charge on any atom is -0.427 e. The lowest BCUT2D eigenvalue weighted by molar-refractivity contribution is -0.155. The summed E-state index contributed by atoms with van der Waals surface area (Å²) in [5.74, 6) is -2.72. The Morgan fingerprint density at radius 3 is 2.35 bits per heavy atom. The van der Waals surface area contributed by atoms with E-state index in [-0.39, 0.29) is 42.7 Å². The maximum atomic E-state index is 13.3. The smallest absolute Gasteiger partial charge is 0.427 e. The number of esters is 1. The number of nitrogens with two attached hydrogens (primary N) is 1. The summed E-state index contributed by atoms with van der Waals surface area (Å²) < 4.78 is 49.2. The Labute approximate surface area is 232 Å². The van der Waals surface area contributed by atoms with Crippen LogP contribution in [0.2, 0.25) is 5.02 Å². The molecule has 1 aromatic rings. The summed E-state index contributed by atoms with van der Waals surface area (Å²) in [6.45, 7) is 2.49. The molecule has 1 aliphatic carbocycles. The number of urea groups is 1. The fourth-order valence-corrected chi connectivity index (χ4v) is 5.13. The molecular weight excluding hydrogens is 561 g/mol. The molecule has 2 atom stereocenters. The molecule has 5 amide bonds. The summed E-state index contributed by atoms with van der Waals surface area (Å²) >= 11 is 5.80. The number of carbonyl (C=O) groups excluding carboxylic acids is 5. The zero-order chi connectivity index (χ0) is 29.6. The predicted octanol–water partition coefficient (Wildman–Crippen LogP) is 3.30. The van der Waals surface area contributed by atoms with Crippen LogP contribution in [0, 0.1) is 11.8 Å². The molecule has 2 heterocycles. The van der Waals surface area contributed by atoms with Crippen molar-refractivity contribution in [1.29, 1.82) is 0 Å². The second kappa shape index (κ2) is 10.9. The summed E-state index contributed by atoms with van der Waals surface area (Å²) in [6.07, 6.45) is -5.20. The highest BCUT2D eigenvalue weighted by atomic mass is 35.5. The second-order valence-corrected chi connectivity index (χ2v) is 10.8. The lowest BCUT2D eigenvalue weighted by atomic mass is 9.87. The number of nitrogens with one attached hydrogen (secondary N) is 1. The van der Waals surface area contributed by atoms with Gasteiger partial charge in [-0.05, 0) is 54.4 Å². The van der Waals surface area contributed by atoms with Gasteiger partial charge in [0.15, 0.2) is 0 Å². The molecule has 218 valence electrons. The molecular formula is C25H28ClF3N4O7. The summed E-state index contributed by atoms with van der Waals surface area (Å²) in [4.78, 5) is 64.9. The Bertz CT molecular complexity index is 1250. The third-order valence-corrected chi connectivity index (χ3v) is 7.66. The fraction of sp³-hybridized carbons (Fsp3) is 0.560. The van der Waals surface area contributed by atoms with Crippen molar-refractivity contribution in [3.8, 4) is 0 Å². The quantitative estimate of drug-likeness (QED) is 0.267. The first kappa shape index (κ1) is 29.6. The molecule has 1 aromatic carbocycles. The van der Waals surface area contributed by atoms with Crippen LogP contribution in [0.4, 0.5) is 22.8 Å². The van der Waals surface area contributed by atoms with Crippen LogP contribution in [0.1, 0.15) is 56.2 Å². The van der Waals surface area contributed by atoms with Gasteiger partial charge in [-0.15, -0.1) is 0 Å². The number of hydrogen-bond donors (Lipinski definition) is 2. The van der Waals surface area contributed by atoms with Gasteiger partial charge in [-0.1, -0.05) is 25.4 Å². The van der Waals surface area contributed by atoms with Crippen molar-refractivity contribution < 1.29 is 46.6 Å². The van der Waals surface area contributed by atoms with Crippen molar-refractivity contribution in [2.45, 2.75) is 70.4 Å². The first-order valence-corrected chi connectivity index (χ1v) is 13.0. The molecule has 3 N–H and O–H groups in total. The molecule has 2 aliphatic heterocycles. The van der Waals surface area contributed by atoms with E-state index in [1.165, 1.54) is 11.0 Å². The summed E-state index contributed by atoms with van der Waals surface area (Å²) in [6, 6.07) is 0.121. The molecule has 1 saturated carbocycles. The molecule has 0 radical (unpaired) electrons.